The van der Waals surface area contributed by atoms with Gasteiger partial charge >= 0.3 is 0 Å². The normalized spacial score (nSPS) is 15.9. The standard InChI is InChI=1S/C27H52O3/c1-5-9-10-11-12-16-19-26(21-20-25-17-14-13-15-18-25)27(28-22-6-2,29-23-7-3)30-24-8-4/h17,26H,5-16,18-24H2,1-4H3. The molecule has 0 aromatic rings. The van der Waals surface area contributed by atoms with Gasteiger partial charge < -0.3 is 14.2 Å². The quantitative estimate of drug-likeness (QED) is 0.111. The summed E-state index contributed by atoms with van der Waals surface area (Å²) in [5, 5.41) is 0. The Balaban J connectivity index is 2.86. The van der Waals surface area contributed by atoms with Crippen LogP contribution in [0.3, 0.4) is 0 Å². The van der Waals surface area contributed by atoms with Crippen molar-refractivity contribution in [2.75, 3.05) is 19.8 Å². The molecule has 0 saturated heterocycles. The summed E-state index contributed by atoms with van der Waals surface area (Å²) in [6.45, 7) is 10.9. The Labute approximate surface area is 188 Å². The van der Waals surface area contributed by atoms with E-state index in [-0.39, 0.29) is 0 Å². The Morgan fingerprint density at radius 3 is 1.87 bits per heavy atom. The predicted molar refractivity (Wildman–Crippen MR) is 129 cm³/mol. The van der Waals surface area contributed by atoms with E-state index in [1.54, 1.807) is 5.57 Å². The van der Waals surface area contributed by atoms with Crippen LogP contribution in [0.1, 0.15) is 130 Å². The van der Waals surface area contributed by atoms with Gasteiger partial charge in [0, 0.05) is 5.92 Å². The van der Waals surface area contributed by atoms with Crippen LogP contribution in [0.5, 0.6) is 0 Å². The van der Waals surface area contributed by atoms with Gasteiger partial charge in [0.15, 0.2) is 0 Å². The second kappa shape index (κ2) is 18.2. The molecule has 0 radical (unpaired) electrons. The summed E-state index contributed by atoms with van der Waals surface area (Å²) in [5.41, 5.74) is 1.64. The van der Waals surface area contributed by atoms with Gasteiger partial charge in [-0.1, -0.05) is 77.9 Å². The summed E-state index contributed by atoms with van der Waals surface area (Å²) >= 11 is 0. The first kappa shape index (κ1) is 27.7. The summed E-state index contributed by atoms with van der Waals surface area (Å²) in [7, 11) is 0. The lowest BCUT2D eigenvalue weighted by atomic mass is 9.88. The Hall–Kier alpha value is -0.380. The summed E-state index contributed by atoms with van der Waals surface area (Å²) in [5.74, 6) is -0.558. The van der Waals surface area contributed by atoms with Crippen LogP contribution >= 0.6 is 0 Å². The third-order valence-electron chi connectivity index (χ3n) is 6.13. The van der Waals surface area contributed by atoms with E-state index < -0.39 is 5.97 Å². The van der Waals surface area contributed by atoms with Crippen molar-refractivity contribution in [3.8, 4) is 0 Å². The van der Waals surface area contributed by atoms with Crippen molar-refractivity contribution in [1.82, 2.24) is 0 Å². The number of hydrogen-bond acceptors (Lipinski definition) is 3. The summed E-state index contributed by atoms with van der Waals surface area (Å²) < 4.78 is 19.3. The van der Waals surface area contributed by atoms with Gasteiger partial charge in [-0.2, -0.15) is 0 Å². The van der Waals surface area contributed by atoms with Gasteiger partial charge in [0.25, 0.3) is 5.97 Å². The van der Waals surface area contributed by atoms with Crippen LogP contribution < -0.4 is 0 Å². The van der Waals surface area contributed by atoms with E-state index in [1.165, 1.54) is 70.6 Å². The molecule has 30 heavy (non-hydrogen) atoms. The minimum atomic E-state index is -0.860. The highest BCUT2D eigenvalue weighted by Crippen LogP contribution is 2.36. The Kier molecular flexibility index (Phi) is 16.8. The molecule has 0 aromatic heterocycles. The zero-order valence-electron chi connectivity index (χ0n) is 20.8. The van der Waals surface area contributed by atoms with Gasteiger partial charge in [-0.25, -0.2) is 0 Å². The van der Waals surface area contributed by atoms with E-state index in [2.05, 4.69) is 33.8 Å². The van der Waals surface area contributed by atoms with E-state index in [0.29, 0.717) is 25.7 Å². The highest BCUT2D eigenvalue weighted by Gasteiger charge is 2.42. The molecular weight excluding hydrogens is 372 g/mol. The second-order valence-corrected chi connectivity index (χ2v) is 9.05. The van der Waals surface area contributed by atoms with E-state index in [0.717, 1.165) is 32.1 Å². The van der Waals surface area contributed by atoms with Crippen LogP contribution in [0.4, 0.5) is 0 Å². The van der Waals surface area contributed by atoms with Gasteiger partial charge in [0.2, 0.25) is 0 Å². The maximum absolute atomic E-state index is 6.42. The maximum Gasteiger partial charge on any atom is 0.285 e. The third-order valence-corrected chi connectivity index (χ3v) is 6.13. The molecule has 1 aliphatic rings. The topological polar surface area (TPSA) is 27.7 Å². The van der Waals surface area contributed by atoms with Gasteiger partial charge in [0.1, 0.15) is 0 Å². The fourth-order valence-corrected chi connectivity index (χ4v) is 4.37. The maximum atomic E-state index is 6.42. The Morgan fingerprint density at radius 1 is 0.733 bits per heavy atom. The van der Waals surface area contributed by atoms with Crippen molar-refractivity contribution in [2.24, 2.45) is 5.92 Å². The molecule has 1 unspecified atom stereocenters. The van der Waals surface area contributed by atoms with E-state index >= 15 is 0 Å². The average Bonchev–Trinajstić information content (AvgIpc) is 2.78. The van der Waals surface area contributed by atoms with Gasteiger partial charge in [-0.3, -0.25) is 0 Å². The first-order valence-corrected chi connectivity index (χ1v) is 13.3. The molecule has 0 heterocycles. The average molecular weight is 425 g/mol. The van der Waals surface area contributed by atoms with Crippen molar-refractivity contribution in [3.63, 3.8) is 0 Å². The van der Waals surface area contributed by atoms with E-state index in [4.69, 9.17) is 14.2 Å². The lowest BCUT2D eigenvalue weighted by molar-refractivity contribution is -0.406. The van der Waals surface area contributed by atoms with Crippen LogP contribution in [0.2, 0.25) is 0 Å². The third kappa shape index (κ3) is 11.3. The second-order valence-electron chi connectivity index (χ2n) is 9.05. The zero-order valence-corrected chi connectivity index (χ0v) is 20.8. The minimum absolute atomic E-state index is 0.302. The molecule has 0 saturated carbocycles. The highest BCUT2D eigenvalue weighted by atomic mass is 16.9. The number of ether oxygens (including phenoxy) is 3. The van der Waals surface area contributed by atoms with Crippen LogP contribution in [0.15, 0.2) is 11.6 Å². The minimum Gasteiger partial charge on any atom is -0.327 e. The van der Waals surface area contributed by atoms with Crippen molar-refractivity contribution < 1.29 is 14.2 Å². The molecule has 1 aliphatic carbocycles. The summed E-state index contributed by atoms with van der Waals surface area (Å²) in [4.78, 5) is 0. The van der Waals surface area contributed by atoms with Crippen LogP contribution in [-0.2, 0) is 14.2 Å². The number of rotatable bonds is 20. The smallest absolute Gasteiger partial charge is 0.285 e. The first-order chi connectivity index (χ1) is 14.7. The lowest BCUT2D eigenvalue weighted by Crippen LogP contribution is -2.47. The largest absolute Gasteiger partial charge is 0.327 e. The molecule has 0 fully saturated rings. The molecule has 1 atom stereocenters. The van der Waals surface area contributed by atoms with Crippen molar-refractivity contribution in [3.05, 3.63) is 11.6 Å². The van der Waals surface area contributed by atoms with Crippen molar-refractivity contribution in [2.45, 2.75) is 136 Å². The monoisotopic (exact) mass is 424 g/mol. The summed E-state index contributed by atoms with van der Waals surface area (Å²) in [6, 6.07) is 0. The predicted octanol–water partition coefficient (Wildman–Crippen LogP) is 8.57. The lowest BCUT2D eigenvalue weighted by Gasteiger charge is -2.40. The molecule has 1 rings (SSSR count). The molecule has 0 bridgehead atoms. The molecule has 0 N–H and O–H groups in total. The molecular formula is C27H52O3. The molecule has 0 spiro atoms. The highest BCUT2D eigenvalue weighted by molar-refractivity contribution is 5.05. The molecule has 178 valence electrons. The number of unbranched alkanes of at least 4 members (excludes halogenated alkanes) is 5. The van der Waals surface area contributed by atoms with Crippen molar-refractivity contribution >= 4 is 0 Å². The van der Waals surface area contributed by atoms with E-state index in [9.17, 15) is 0 Å². The first-order valence-electron chi connectivity index (χ1n) is 13.3. The van der Waals surface area contributed by atoms with Crippen LogP contribution in [0, 0.1) is 5.92 Å². The fourth-order valence-electron chi connectivity index (χ4n) is 4.37. The Morgan fingerprint density at radius 2 is 1.33 bits per heavy atom. The van der Waals surface area contributed by atoms with Gasteiger partial charge in [-0.15, -0.1) is 0 Å². The number of allylic oxidation sites excluding steroid dienone is 2. The fraction of sp³-hybridized carbons (Fsp3) is 0.926. The van der Waals surface area contributed by atoms with Gasteiger partial charge in [-0.05, 0) is 64.2 Å². The van der Waals surface area contributed by atoms with Crippen LogP contribution in [0.25, 0.3) is 0 Å². The Bertz CT molecular complexity index is 397. The molecule has 0 aliphatic heterocycles. The molecule has 3 nitrogen and oxygen atoms in total. The zero-order chi connectivity index (χ0) is 21.9. The molecule has 0 amide bonds. The SMILES string of the molecule is CCCCCCCCC(CCC1=CCCCC1)C(OCCC)(OCCC)OCCC. The molecule has 0 aromatic carbocycles. The van der Waals surface area contributed by atoms with Crippen molar-refractivity contribution in [1.29, 1.82) is 0 Å². The van der Waals surface area contributed by atoms with E-state index in [1.807, 2.05) is 0 Å². The number of hydrogen-bond donors (Lipinski definition) is 0. The summed E-state index contributed by atoms with van der Waals surface area (Å²) in [6.07, 6.45) is 22.0. The van der Waals surface area contributed by atoms with Gasteiger partial charge in [0.05, 0.1) is 19.8 Å². The molecule has 3 heteroatoms. The van der Waals surface area contributed by atoms with Crippen LogP contribution in [-0.4, -0.2) is 25.8 Å².